The normalized spacial score (nSPS) is 12.7. The molecule has 2 aliphatic heterocycles. The molecule has 0 radical (unpaired) electrons. The molecule has 0 saturated carbocycles. The minimum Gasteiger partial charge on any atom is -0.311 e. The lowest BCUT2D eigenvalue weighted by Crippen LogP contribution is -2.61. The number of nitrogens with zero attached hydrogens (tertiary/aromatic N) is 3. The third kappa shape index (κ3) is 4.35. The Balaban J connectivity index is 1.51. The van der Waals surface area contributed by atoms with Gasteiger partial charge < -0.3 is 9.80 Å². The predicted molar refractivity (Wildman–Crippen MR) is 191 cm³/mol. The molecule has 0 spiro atoms. The van der Waals surface area contributed by atoms with Gasteiger partial charge in [0.25, 0.3) is 6.71 Å². The van der Waals surface area contributed by atoms with Gasteiger partial charge in [-0.25, -0.2) is 4.85 Å². The van der Waals surface area contributed by atoms with Crippen LogP contribution >= 0.6 is 0 Å². The number of benzene rings is 6. The first-order valence-corrected chi connectivity index (χ1v) is 15.5. The van der Waals surface area contributed by atoms with E-state index in [1.165, 1.54) is 61.4 Å². The average Bonchev–Trinajstić information content (AvgIpc) is 3.05. The van der Waals surface area contributed by atoms with Crippen LogP contribution in [0.25, 0.3) is 16.0 Å². The van der Waals surface area contributed by atoms with Gasteiger partial charge in [-0.1, -0.05) is 89.0 Å². The van der Waals surface area contributed by atoms with Crippen molar-refractivity contribution in [2.45, 2.75) is 27.7 Å². The van der Waals surface area contributed by atoms with E-state index < -0.39 is 0 Å². The van der Waals surface area contributed by atoms with Crippen molar-refractivity contribution in [3.05, 3.63) is 155 Å². The highest BCUT2D eigenvalue weighted by Gasteiger charge is 2.43. The van der Waals surface area contributed by atoms with Crippen LogP contribution in [0, 0.1) is 34.3 Å². The van der Waals surface area contributed by atoms with Crippen LogP contribution in [0.15, 0.2) is 121 Å². The molecule has 0 amide bonds. The van der Waals surface area contributed by atoms with Crippen molar-refractivity contribution in [1.82, 2.24) is 0 Å². The lowest BCUT2D eigenvalue weighted by molar-refractivity contribution is 1.24. The van der Waals surface area contributed by atoms with Gasteiger partial charge in [0, 0.05) is 34.1 Å². The predicted octanol–water partition coefficient (Wildman–Crippen LogP) is 9.22. The summed E-state index contributed by atoms with van der Waals surface area (Å²) in [6.07, 6.45) is 0. The maximum atomic E-state index is 7.70. The van der Waals surface area contributed by atoms with Crippen LogP contribution in [0.1, 0.15) is 22.3 Å². The highest BCUT2D eigenvalue weighted by molar-refractivity contribution is 7.00. The molecule has 0 aliphatic carbocycles. The topological polar surface area (TPSA) is 10.8 Å². The minimum atomic E-state index is 0.0758. The fourth-order valence-corrected chi connectivity index (χ4v) is 7.11. The Morgan fingerprint density at radius 3 is 1.47 bits per heavy atom. The molecule has 0 bridgehead atoms. The number of anilines is 6. The zero-order chi connectivity index (χ0) is 30.8. The fraction of sp³-hybridized carbons (Fsp3) is 0.0976. The molecule has 0 fully saturated rings. The van der Waals surface area contributed by atoms with Gasteiger partial charge in [0.05, 0.1) is 6.57 Å². The molecular formula is C41H32BN3. The summed E-state index contributed by atoms with van der Waals surface area (Å²) in [4.78, 5) is 8.65. The first-order valence-electron chi connectivity index (χ1n) is 15.5. The van der Waals surface area contributed by atoms with Crippen molar-refractivity contribution in [2.24, 2.45) is 0 Å². The van der Waals surface area contributed by atoms with E-state index in [1.807, 2.05) is 18.2 Å². The van der Waals surface area contributed by atoms with Crippen LogP contribution < -0.4 is 26.2 Å². The van der Waals surface area contributed by atoms with Crippen LogP contribution in [0.3, 0.4) is 0 Å². The smallest absolute Gasteiger partial charge is 0.252 e. The number of hydrogen-bond donors (Lipinski definition) is 0. The van der Waals surface area contributed by atoms with E-state index in [0.29, 0.717) is 5.69 Å². The summed E-state index contributed by atoms with van der Waals surface area (Å²) in [7, 11) is 0. The molecule has 2 aliphatic rings. The molecule has 0 atom stereocenters. The molecule has 8 rings (SSSR count). The summed E-state index contributed by atoms with van der Waals surface area (Å²) in [6.45, 7) is 16.4. The number of rotatable bonds is 3. The zero-order valence-corrected chi connectivity index (χ0v) is 26.0. The molecule has 45 heavy (non-hydrogen) atoms. The summed E-state index contributed by atoms with van der Waals surface area (Å²) < 4.78 is 0. The number of hydrogen-bond acceptors (Lipinski definition) is 2. The molecule has 6 aromatic rings. The standard InChI is InChI=1S/C41H32BN3/c1-26-9-15-33(16-10-26)44-37-19-13-28(3)21-35(37)42-36-22-29(4)14-20-38(36)45(34-17-11-27(2)12-18-34)40-25-31(24-39(44)41(40)42)30-7-6-8-32(23-30)43-5/h6-25H,1-4H3. The number of aryl methyl sites for hydroxylation is 4. The Kier molecular flexibility index (Phi) is 6.18. The van der Waals surface area contributed by atoms with Crippen molar-refractivity contribution in [3.63, 3.8) is 0 Å². The van der Waals surface area contributed by atoms with Gasteiger partial charge in [-0.2, -0.15) is 0 Å². The van der Waals surface area contributed by atoms with E-state index >= 15 is 0 Å². The summed E-state index contributed by atoms with van der Waals surface area (Å²) in [5.74, 6) is 0. The van der Waals surface area contributed by atoms with Crippen molar-refractivity contribution in [1.29, 1.82) is 0 Å². The maximum absolute atomic E-state index is 7.70. The molecule has 4 heteroatoms. The fourth-order valence-electron chi connectivity index (χ4n) is 7.11. The van der Waals surface area contributed by atoms with Gasteiger partial charge in [-0.15, -0.1) is 0 Å². The van der Waals surface area contributed by atoms with Gasteiger partial charge in [-0.3, -0.25) is 0 Å². The molecule has 214 valence electrons. The quantitative estimate of drug-likeness (QED) is 0.153. The Morgan fingerprint density at radius 2 is 0.978 bits per heavy atom. The maximum Gasteiger partial charge on any atom is 0.252 e. The second kappa shape index (κ2) is 10.3. The third-order valence-corrected chi connectivity index (χ3v) is 9.27. The Hall–Kier alpha value is -5.53. The second-order valence-corrected chi connectivity index (χ2v) is 12.5. The van der Waals surface area contributed by atoms with Gasteiger partial charge >= 0.3 is 0 Å². The van der Waals surface area contributed by atoms with E-state index in [1.54, 1.807) is 0 Å². The van der Waals surface area contributed by atoms with E-state index in [0.717, 1.165) is 22.5 Å². The van der Waals surface area contributed by atoms with E-state index in [2.05, 4.69) is 145 Å². The highest BCUT2D eigenvalue weighted by atomic mass is 15.2. The summed E-state index contributed by atoms with van der Waals surface area (Å²) in [5, 5.41) is 0. The molecule has 0 saturated heterocycles. The Labute approximate surface area is 265 Å². The van der Waals surface area contributed by atoms with Crippen LogP contribution in [0.2, 0.25) is 0 Å². The van der Waals surface area contributed by atoms with E-state index in [9.17, 15) is 0 Å². The Bertz CT molecular complexity index is 2050. The molecule has 2 heterocycles. The van der Waals surface area contributed by atoms with Crippen LogP contribution in [0.5, 0.6) is 0 Å². The molecule has 0 N–H and O–H groups in total. The summed E-state index contributed by atoms with van der Waals surface area (Å²) in [6, 6.07) is 44.2. The molecule has 6 aromatic carbocycles. The molecular weight excluding hydrogens is 545 g/mol. The van der Waals surface area contributed by atoms with Gasteiger partial charge in [-0.05, 0) is 110 Å². The lowest BCUT2D eigenvalue weighted by atomic mass is 9.33. The van der Waals surface area contributed by atoms with Crippen molar-refractivity contribution >= 4 is 62.9 Å². The average molecular weight is 578 g/mol. The molecule has 0 aromatic heterocycles. The third-order valence-electron chi connectivity index (χ3n) is 9.27. The van der Waals surface area contributed by atoms with Crippen LogP contribution in [-0.4, -0.2) is 6.71 Å². The lowest BCUT2D eigenvalue weighted by Gasteiger charge is -2.44. The van der Waals surface area contributed by atoms with Crippen molar-refractivity contribution < 1.29 is 0 Å². The van der Waals surface area contributed by atoms with Gasteiger partial charge in [0.15, 0.2) is 5.69 Å². The first-order chi connectivity index (χ1) is 21.9. The first kappa shape index (κ1) is 27.1. The zero-order valence-electron chi connectivity index (χ0n) is 26.0. The monoisotopic (exact) mass is 577 g/mol. The van der Waals surface area contributed by atoms with Crippen molar-refractivity contribution in [3.8, 4) is 11.1 Å². The Morgan fingerprint density at radius 1 is 0.489 bits per heavy atom. The molecule has 0 unspecified atom stereocenters. The summed E-state index contributed by atoms with van der Waals surface area (Å²) >= 11 is 0. The highest BCUT2D eigenvalue weighted by Crippen LogP contribution is 2.46. The number of fused-ring (bicyclic) bond motifs is 4. The minimum absolute atomic E-state index is 0.0758. The van der Waals surface area contributed by atoms with Crippen LogP contribution in [-0.2, 0) is 0 Å². The van der Waals surface area contributed by atoms with Gasteiger partial charge in [0.2, 0.25) is 0 Å². The second-order valence-electron chi connectivity index (χ2n) is 12.5. The van der Waals surface area contributed by atoms with Gasteiger partial charge in [0.1, 0.15) is 0 Å². The largest absolute Gasteiger partial charge is 0.311 e. The van der Waals surface area contributed by atoms with Crippen LogP contribution in [0.4, 0.5) is 39.8 Å². The summed E-state index contributed by atoms with van der Waals surface area (Å²) in [5.41, 5.74) is 18.7. The van der Waals surface area contributed by atoms with Crippen molar-refractivity contribution in [2.75, 3.05) is 9.80 Å². The van der Waals surface area contributed by atoms with E-state index in [4.69, 9.17) is 6.57 Å². The SMILES string of the molecule is [C-]#[N+]c1cccc(-c2cc3c4c(c2)N(c2ccc(C)cc2)c2ccc(C)cc2B4c2cc(C)ccc2N3c2ccc(C)cc2)c1. The molecule has 3 nitrogen and oxygen atoms in total. The van der Waals surface area contributed by atoms with E-state index in [-0.39, 0.29) is 6.71 Å².